The van der Waals surface area contributed by atoms with Gasteiger partial charge in [-0.25, -0.2) is 19.1 Å². The third-order valence-corrected chi connectivity index (χ3v) is 8.70. The van der Waals surface area contributed by atoms with Gasteiger partial charge in [0.05, 0.1) is 35.1 Å². The molecule has 0 radical (unpaired) electrons. The molecule has 3 aromatic heterocycles. The van der Waals surface area contributed by atoms with Gasteiger partial charge in [-0.15, -0.1) is 0 Å². The lowest BCUT2D eigenvalue weighted by molar-refractivity contribution is -0.00641. The first-order valence-corrected chi connectivity index (χ1v) is 14.4. The van der Waals surface area contributed by atoms with Crippen LogP contribution in [0.4, 0.5) is 10.6 Å². The van der Waals surface area contributed by atoms with Crippen LogP contribution in [0.2, 0.25) is 0 Å². The van der Waals surface area contributed by atoms with E-state index in [0.717, 1.165) is 24.1 Å². The van der Waals surface area contributed by atoms with E-state index in [-0.39, 0.29) is 11.3 Å². The SMILES string of the molecule is COc1ccccc1-c1nc2c(cc1C#N)c(N1CCC3(CC1)CN(C(=O)O)C3)nc(=O)n2-c1c(C)ccnc1C(C)C. The lowest BCUT2D eigenvalue weighted by Gasteiger charge is -2.53. The standard InChI is InChI=1S/C32H33N7O4/c1-19(2)25-27(20(3)9-12-34-25)39-29-23(15-21(16-33)26(35-29)22-7-5-6-8-24(22)43-4)28(36-30(39)40)37-13-10-32(11-14-37)17-38(18-32)31(41)42/h5-9,12,15,19H,10-11,13-14,17-18H2,1-4H3,(H,41,42). The van der Waals surface area contributed by atoms with Gasteiger partial charge in [0.25, 0.3) is 0 Å². The molecule has 0 bridgehead atoms. The highest BCUT2D eigenvalue weighted by atomic mass is 16.5. The highest BCUT2D eigenvalue weighted by molar-refractivity contribution is 5.92. The number of anilines is 1. The van der Waals surface area contributed by atoms with Gasteiger partial charge in [-0.3, -0.25) is 4.98 Å². The molecule has 1 aromatic carbocycles. The molecule has 2 fully saturated rings. The number of piperidine rings is 1. The number of fused-ring (bicyclic) bond motifs is 1. The van der Waals surface area contributed by atoms with Crippen LogP contribution in [-0.2, 0) is 0 Å². The molecule has 0 aliphatic carbocycles. The van der Waals surface area contributed by atoms with Crippen LogP contribution in [0, 0.1) is 23.7 Å². The molecule has 2 saturated heterocycles. The summed E-state index contributed by atoms with van der Waals surface area (Å²) < 4.78 is 7.13. The zero-order valence-corrected chi connectivity index (χ0v) is 24.7. The Bertz CT molecular complexity index is 1840. The van der Waals surface area contributed by atoms with E-state index in [4.69, 9.17) is 9.72 Å². The van der Waals surface area contributed by atoms with E-state index in [0.29, 0.717) is 71.3 Å². The van der Waals surface area contributed by atoms with Gasteiger partial charge >= 0.3 is 11.8 Å². The van der Waals surface area contributed by atoms with Gasteiger partial charge in [0.2, 0.25) is 0 Å². The number of likely N-dealkylation sites (tertiary alicyclic amines) is 1. The predicted molar refractivity (Wildman–Crippen MR) is 162 cm³/mol. The molecule has 1 amide bonds. The Morgan fingerprint density at radius 3 is 2.51 bits per heavy atom. The van der Waals surface area contributed by atoms with E-state index >= 15 is 0 Å². The number of aryl methyl sites for hydroxylation is 1. The molecular weight excluding hydrogens is 546 g/mol. The number of nitriles is 1. The van der Waals surface area contributed by atoms with Crippen LogP contribution in [0.25, 0.3) is 28.0 Å². The molecule has 1 spiro atoms. The number of ether oxygens (including phenoxy) is 1. The first-order valence-electron chi connectivity index (χ1n) is 14.4. The minimum atomic E-state index is -0.892. The van der Waals surface area contributed by atoms with Crippen LogP contribution >= 0.6 is 0 Å². The molecule has 0 atom stereocenters. The summed E-state index contributed by atoms with van der Waals surface area (Å²) in [5.41, 5.74) is 3.47. The fourth-order valence-electron chi connectivity index (χ4n) is 6.40. The first kappa shape index (κ1) is 28.2. The summed E-state index contributed by atoms with van der Waals surface area (Å²) in [4.78, 5) is 43.2. The Labute approximate surface area is 249 Å². The van der Waals surface area contributed by atoms with Crippen LogP contribution in [0.15, 0.2) is 47.4 Å². The van der Waals surface area contributed by atoms with Crippen molar-refractivity contribution in [3.05, 3.63) is 69.9 Å². The number of rotatable bonds is 5. The van der Waals surface area contributed by atoms with Crippen LogP contribution in [0.3, 0.4) is 0 Å². The molecule has 1 N–H and O–H groups in total. The molecule has 6 rings (SSSR count). The topological polar surface area (TPSA) is 137 Å². The van der Waals surface area contributed by atoms with Gasteiger partial charge in [-0.1, -0.05) is 26.0 Å². The number of benzene rings is 1. The Kier molecular flexibility index (Phi) is 7.00. The molecule has 4 aromatic rings. The summed E-state index contributed by atoms with van der Waals surface area (Å²) in [7, 11) is 1.57. The van der Waals surface area contributed by atoms with Crippen molar-refractivity contribution in [2.24, 2.45) is 5.41 Å². The lowest BCUT2D eigenvalue weighted by Crippen LogP contribution is -2.61. The van der Waals surface area contributed by atoms with E-state index in [1.165, 1.54) is 9.47 Å². The maximum Gasteiger partial charge on any atom is 0.407 e. The molecule has 220 valence electrons. The van der Waals surface area contributed by atoms with Crippen LogP contribution in [-0.4, -0.2) is 68.9 Å². The number of methoxy groups -OCH3 is 1. The van der Waals surface area contributed by atoms with E-state index < -0.39 is 11.8 Å². The minimum Gasteiger partial charge on any atom is -0.496 e. The number of aromatic nitrogens is 4. The third kappa shape index (κ3) is 4.73. The minimum absolute atomic E-state index is 0.0229. The lowest BCUT2D eigenvalue weighted by atomic mass is 9.72. The van der Waals surface area contributed by atoms with Gasteiger partial charge < -0.3 is 19.6 Å². The maximum absolute atomic E-state index is 14.1. The number of carbonyl (C=O) groups is 1. The highest BCUT2D eigenvalue weighted by Crippen LogP contribution is 2.42. The maximum atomic E-state index is 14.1. The molecular formula is C32H33N7O4. The van der Waals surface area contributed by atoms with E-state index in [2.05, 4.69) is 20.9 Å². The second-order valence-corrected chi connectivity index (χ2v) is 11.8. The second kappa shape index (κ2) is 10.7. The second-order valence-electron chi connectivity index (χ2n) is 11.8. The molecule has 11 heteroatoms. The van der Waals surface area contributed by atoms with Crippen molar-refractivity contribution in [2.45, 2.75) is 39.5 Å². The highest BCUT2D eigenvalue weighted by Gasteiger charge is 2.47. The van der Waals surface area contributed by atoms with Crippen molar-refractivity contribution < 1.29 is 14.6 Å². The molecule has 5 heterocycles. The Balaban J connectivity index is 1.57. The van der Waals surface area contributed by atoms with Crippen molar-refractivity contribution in [1.29, 1.82) is 5.26 Å². The summed E-state index contributed by atoms with van der Waals surface area (Å²) in [6, 6.07) is 13.3. The normalized spacial score (nSPS) is 15.9. The number of hydrogen-bond acceptors (Lipinski definition) is 8. The first-order chi connectivity index (χ1) is 20.7. The average Bonchev–Trinajstić information content (AvgIpc) is 2.99. The number of nitrogens with zero attached hydrogens (tertiary/aromatic N) is 7. The zero-order chi connectivity index (χ0) is 30.5. The Hall–Kier alpha value is -4.98. The molecule has 2 aliphatic rings. The molecule has 43 heavy (non-hydrogen) atoms. The van der Waals surface area contributed by atoms with Crippen molar-refractivity contribution in [2.75, 3.05) is 38.2 Å². The summed E-state index contributed by atoms with van der Waals surface area (Å²) in [5.74, 6) is 1.06. The summed E-state index contributed by atoms with van der Waals surface area (Å²) in [5, 5.41) is 20.2. The molecule has 0 unspecified atom stereocenters. The van der Waals surface area contributed by atoms with Crippen molar-refractivity contribution in [3.8, 4) is 28.8 Å². The molecule has 11 nitrogen and oxygen atoms in total. The quantitative estimate of drug-likeness (QED) is 0.355. The van der Waals surface area contributed by atoms with Gasteiger partial charge in [-0.2, -0.15) is 10.2 Å². The van der Waals surface area contributed by atoms with Gasteiger partial charge in [0, 0.05) is 43.4 Å². The Morgan fingerprint density at radius 1 is 1.14 bits per heavy atom. The average molecular weight is 580 g/mol. The summed E-state index contributed by atoms with van der Waals surface area (Å²) in [6.07, 6.45) is 2.40. The number of pyridine rings is 2. The van der Waals surface area contributed by atoms with E-state index in [1.807, 2.05) is 51.1 Å². The van der Waals surface area contributed by atoms with Crippen molar-refractivity contribution in [1.82, 2.24) is 24.4 Å². The monoisotopic (exact) mass is 579 g/mol. The van der Waals surface area contributed by atoms with E-state index in [9.17, 15) is 20.0 Å². The van der Waals surface area contributed by atoms with Gasteiger partial charge in [-0.05, 0) is 55.5 Å². The summed E-state index contributed by atoms with van der Waals surface area (Å²) in [6.45, 7) is 8.24. The number of amides is 1. The van der Waals surface area contributed by atoms with E-state index in [1.54, 1.807) is 19.4 Å². The third-order valence-electron chi connectivity index (χ3n) is 8.70. The fraction of sp³-hybridized carbons (Fsp3) is 0.375. The number of carboxylic acid groups (broad SMARTS) is 1. The Morgan fingerprint density at radius 2 is 1.86 bits per heavy atom. The largest absolute Gasteiger partial charge is 0.496 e. The van der Waals surface area contributed by atoms with Crippen molar-refractivity contribution >= 4 is 22.9 Å². The van der Waals surface area contributed by atoms with Gasteiger partial charge in [0.15, 0.2) is 5.65 Å². The van der Waals surface area contributed by atoms with Crippen LogP contribution < -0.4 is 15.3 Å². The number of hydrogen-bond donors (Lipinski definition) is 1. The fourth-order valence-corrected chi connectivity index (χ4v) is 6.40. The van der Waals surface area contributed by atoms with Gasteiger partial charge in [0.1, 0.15) is 17.6 Å². The molecule has 0 saturated carbocycles. The van der Waals surface area contributed by atoms with Crippen molar-refractivity contribution in [3.63, 3.8) is 0 Å². The predicted octanol–water partition coefficient (Wildman–Crippen LogP) is 4.74. The van der Waals surface area contributed by atoms with Crippen LogP contribution in [0.1, 0.15) is 49.4 Å². The smallest absolute Gasteiger partial charge is 0.407 e. The zero-order valence-electron chi connectivity index (χ0n) is 24.7. The number of para-hydroxylation sites is 1. The molecule has 2 aliphatic heterocycles. The van der Waals surface area contributed by atoms with Crippen LogP contribution in [0.5, 0.6) is 5.75 Å². The summed E-state index contributed by atoms with van der Waals surface area (Å²) >= 11 is 0.